The monoisotopic (exact) mass is 1340 g/mol. The van der Waals surface area contributed by atoms with E-state index in [2.05, 4.69) is 327 Å². The minimum absolute atomic E-state index is 1.10. The molecule has 0 spiro atoms. The first-order valence-corrected chi connectivity index (χ1v) is 38.2. The van der Waals surface area contributed by atoms with Gasteiger partial charge in [0, 0.05) is 0 Å². The van der Waals surface area contributed by atoms with Crippen LogP contribution in [-0.2, 0) is 12.8 Å². The van der Waals surface area contributed by atoms with E-state index in [4.69, 9.17) is 0 Å². The van der Waals surface area contributed by atoms with Gasteiger partial charge in [0.25, 0.3) is 0 Å². The van der Waals surface area contributed by atoms with Crippen molar-refractivity contribution in [1.29, 1.82) is 0 Å². The standard InChI is InChI=1S/2C15H14.3C12H12.2C8H10.9C2H6/c1-10-3-5-14-12(7-10)9-13-8-11(2)4-6-15(13)14;1-10-3-5-12-9-13-6-4-11(2)8-15(13)14(12)7-10;1-9-3-5-12-8-10(2)4-6-11(12)7-9;1-9-5-3-8-12-10(2)6-4-7-11(9)12;1-9-7-8-10(2)12-6-4-3-5-11(9)12;1-7-3-5-8(2)6-4-7;1-7-4-3-5-8(2)6-7;9*1-2/h2*3-8H,9H2,1-2H3;3*3-8H,1-2H3;2*3-6H,1-2H3;9*1-2H3. The summed E-state index contributed by atoms with van der Waals surface area (Å²) < 4.78 is 0. The molecule has 2 aliphatic rings. The third kappa shape index (κ3) is 31.3. The Morgan fingerprint density at radius 1 is 0.160 bits per heavy atom. The molecular formula is C100H138. The van der Waals surface area contributed by atoms with E-state index in [0.717, 1.165) is 12.8 Å². The Balaban J connectivity index is 0. The number of aryl methyl sites for hydroxylation is 14. The SMILES string of the molecule is CC.CC.CC.CC.CC.CC.CC.CC.CC.Cc1ccc(C)c2ccccc12.Cc1ccc(C)cc1.Cc1ccc2c(c1)-c1cc(C)ccc1C2.Cc1ccc2c(c1)Cc1cc(C)ccc1-2.Cc1ccc2cc(C)ccc2c1.Cc1cccc(C)c1.Cc1cccc2c(C)cccc12. The van der Waals surface area contributed by atoms with Gasteiger partial charge < -0.3 is 0 Å². The second kappa shape index (κ2) is 54.3. The third-order valence-corrected chi connectivity index (χ3v) is 15.7. The molecule has 0 aromatic heterocycles. The average Bonchev–Trinajstić information content (AvgIpc) is 1.64. The van der Waals surface area contributed by atoms with Crippen LogP contribution in [0.4, 0.5) is 0 Å². The summed E-state index contributed by atoms with van der Waals surface area (Å²) in [6.07, 6.45) is 2.21. The van der Waals surface area contributed by atoms with Crippen molar-refractivity contribution >= 4 is 32.3 Å². The van der Waals surface area contributed by atoms with E-state index in [1.807, 2.05) is 125 Å². The van der Waals surface area contributed by atoms with Crippen LogP contribution < -0.4 is 0 Å². The van der Waals surface area contributed by atoms with Gasteiger partial charge in [0.2, 0.25) is 0 Å². The molecule has 0 bridgehead atoms. The Bertz CT molecular complexity index is 3830. The second-order valence-corrected chi connectivity index (χ2v) is 23.2. The summed E-state index contributed by atoms with van der Waals surface area (Å²) in [6.45, 7) is 65.9. The molecule has 12 aromatic carbocycles. The first-order chi connectivity index (χ1) is 48.4. The van der Waals surface area contributed by atoms with E-state index in [9.17, 15) is 0 Å². The summed E-state index contributed by atoms with van der Waals surface area (Å²) in [5.74, 6) is 0. The molecule has 0 aliphatic heterocycles. The maximum atomic E-state index is 2.31. The third-order valence-electron chi connectivity index (χ3n) is 15.7. The van der Waals surface area contributed by atoms with Crippen molar-refractivity contribution in [2.75, 3.05) is 0 Å². The zero-order valence-electron chi connectivity index (χ0n) is 69.4. The van der Waals surface area contributed by atoms with Crippen LogP contribution in [0.3, 0.4) is 0 Å². The van der Waals surface area contributed by atoms with Crippen LogP contribution in [-0.4, -0.2) is 0 Å². The van der Waals surface area contributed by atoms with E-state index in [1.165, 1.54) is 155 Å². The van der Waals surface area contributed by atoms with Gasteiger partial charge in [0.05, 0.1) is 0 Å². The number of hydrogen-bond donors (Lipinski definition) is 0. The molecule has 0 nitrogen and oxygen atoms in total. The largest absolute Gasteiger partial charge is 0.0683 e. The lowest BCUT2D eigenvalue weighted by atomic mass is 10.0. The van der Waals surface area contributed by atoms with Crippen LogP contribution >= 0.6 is 0 Å². The normalized spacial score (nSPS) is 9.52. The summed E-state index contributed by atoms with van der Waals surface area (Å²) in [4.78, 5) is 0. The van der Waals surface area contributed by atoms with Crippen LogP contribution in [0.1, 0.15) is 225 Å². The number of benzene rings is 12. The highest BCUT2D eigenvalue weighted by atomic mass is 14.2. The number of rotatable bonds is 0. The maximum Gasteiger partial charge on any atom is -0.00133 e. The Morgan fingerprint density at radius 3 is 0.720 bits per heavy atom. The predicted molar refractivity (Wildman–Crippen MR) is 463 cm³/mol. The van der Waals surface area contributed by atoms with Gasteiger partial charge in [-0.05, 0) is 209 Å². The average molecular weight is 1340 g/mol. The molecule has 0 amide bonds. The van der Waals surface area contributed by atoms with Crippen molar-refractivity contribution < 1.29 is 0 Å². The molecule has 0 saturated carbocycles. The summed E-state index contributed by atoms with van der Waals surface area (Å²) >= 11 is 0. The van der Waals surface area contributed by atoms with Gasteiger partial charge >= 0.3 is 0 Å². The van der Waals surface area contributed by atoms with Crippen molar-refractivity contribution in [2.24, 2.45) is 0 Å². The van der Waals surface area contributed by atoms with Gasteiger partial charge in [-0.15, -0.1) is 0 Å². The van der Waals surface area contributed by atoms with E-state index in [1.54, 1.807) is 0 Å². The summed E-state index contributed by atoms with van der Waals surface area (Å²) in [7, 11) is 0. The van der Waals surface area contributed by atoms with Crippen LogP contribution in [0.15, 0.2) is 231 Å². The Hall–Kier alpha value is -8.58. The molecular weight excluding hydrogens is 1200 g/mol. The molecule has 0 atom stereocenters. The second-order valence-electron chi connectivity index (χ2n) is 23.2. The Labute approximate surface area is 615 Å². The quantitative estimate of drug-likeness (QED) is 0.142. The van der Waals surface area contributed by atoms with Crippen LogP contribution in [0.2, 0.25) is 0 Å². The molecule has 2 aliphatic carbocycles. The van der Waals surface area contributed by atoms with Crippen molar-refractivity contribution in [1.82, 2.24) is 0 Å². The van der Waals surface area contributed by atoms with Crippen LogP contribution in [0, 0.1) is 96.9 Å². The molecule has 0 fully saturated rings. The number of fused-ring (bicyclic) bond motifs is 9. The van der Waals surface area contributed by atoms with Crippen molar-refractivity contribution in [3.05, 3.63) is 331 Å². The van der Waals surface area contributed by atoms with Crippen LogP contribution in [0.25, 0.3) is 54.6 Å². The molecule has 0 heterocycles. The highest BCUT2D eigenvalue weighted by Gasteiger charge is 2.19. The molecule has 0 heteroatoms. The highest BCUT2D eigenvalue weighted by molar-refractivity contribution is 5.89. The van der Waals surface area contributed by atoms with Crippen molar-refractivity contribution in [3.8, 4) is 22.3 Å². The van der Waals surface area contributed by atoms with Crippen LogP contribution in [0.5, 0.6) is 0 Å². The van der Waals surface area contributed by atoms with E-state index in [0.29, 0.717) is 0 Å². The van der Waals surface area contributed by atoms with E-state index in [-0.39, 0.29) is 0 Å². The molecule has 0 saturated heterocycles. The van der Waals surface area contributed by atoms with Crippen molar-refractivity contribution in [2.45, 2.75) is 234 Å². The highest BCUT2D eigenvalue weighted by Crippen LogP contribution is 2.39. The van der Waals surface area contributed by atoms with Gasteiger partial charge in [-0.25, -0.2) is 0 Å². The fraction of sp³-hybridized carbons (Fsp3) is 0.340. The molecule has 12 aromatic rings. The molecule has 14 rings (SSSR count). The lowest BCUT2D eigenvalue weighted by Crippen LogP contribution is -1.81. The Kier molecular flexibility index (Phi) is 50.7. The minimum Gasteiger partial charge on any atom is -0.0683 e. The summed E-state index contributed by atoms with van der Waals surface area (Å²) in [6, 6.07) is 82.9. The van der Waals surface area contributed by atoms with Crippen molar-refractivity contribution in [3.63, 3.8) is 0 Å². The first-order valence-electron chi connectivity index (χ1n) is 38.2. The van der Waals surface area contributed by atoms with E-state index >= 15 is 0 Å². The summed E-state index contributed by atoms with van der Waals surface area (Å²) in [5, 5.41) is 8.16. The smallest absolute Gasteiger partial charge is 0.00133 e. The maximum absolute atomic E-state index is 2.31. The molecule has 538 valence electrons. The molecule has 0 unspecified atom stereocenters. The molecule has 0 N–H and O–H groups in total. The lowest BCUT2D eigenvalue weighted by molar-refractivity contribution is 1.24. The van der Waals surface area contributed by atoms with Gasteiger partial charge in [-0.2, -0.15) is 0 Å². The minimum atomic E-state index is 1.10. The summed E-state index contributed by atoms with van der Waals surface area (Å²) in [5.41, 5.74) is 30.5. The van der Waals surface area contributed by atoms with E-state index < -0.39 is 0 Å². The topological polar surface area (TPSA) is 0 Å². The molecule has 0 radical (unpaired) electrons. The first kappa shape index (κ1) is 93.5. The van der Waals surface area contributed by atoms with Gasteiger partial charge in [-0.3, -0.25) is 0 Å². The molecule has 100 heavy (non-hydrogen) atoms. The number of hydrogen-bond acceptors (Lipinski definition) is 0. The Morgan fingerprint density at radius 2 is 0.400 bits per heavy atom. The fourth-order valence-electron chi connectivity index (χ4n) is 11.0. The van der Waals surface area contributed by atoms with Gasteiger partial charge in [-0.1, -0.05) is 411 Å². The lowest BCUT2D eigenvalue weighted by Gasteiger charge is -2.03. The zero-order chi connectivity index (χ0) is 76.5. The zero-order valence-corrected chi connectivity index (χ0v) is 69.4. The predicted octanol–water partition coefficient (Wildman–Crippen LogP) is 32.0. The van der Waals surface area contributed by atoms with Gasteiger partial charge in [0.15, 0.2) is 0 Å². The fourth-order valence-corrected chi connectivity index (χ4v) is 11.0. The van der Waals surface area contributed by atoms with Gasteiger partial charge in [0.1, 0.15) is 0 Å².